The van der Waals surface area contributed by atoms with E-state index in [1.807, 2.05) is 0 Å². The molecule has 0 fully saturated rings. The largest absolute Gasteiger partial charge is 0.480 e. The molecule has 7 nitrogen and oxygen atoms in total. The van der Waals surface area contributed by atoms with Crippen molar-refractivity contribution in [3.8, 4) is 0 Å². The van der Waals surface area contributed by atoms with Crippen LogP contribution in [0, 0.1) is 0 Å². The van der Waals surface area contributed by atoms with Gasteiger partial charge < -0.3 is 14.8 Å². The lowest BCUT2D eigenvalue weighted by Crippen LogP contribution is -2.11. The number of hydrogen-bond donors (Lipinski definition) is 2. The Kier molecular flexibility index (Phi) is 3.47. The van der Waals surface area contributed by atoms with Gasteiger partial charge in [-0.1, -0.05) is 0 Å². The highest BCUT2D eigenvalue weighted by molar-refractivity contribution is 9.10. The Hall–Kier alpha value is -2.09. The maximum atomic E-state index is 11.7. The van der Waals surface area contributed by atoms with Crippen molar-refractivity contribution in [1.82, 2.24) is 9.78 Å². The maximum absolute atomic E-state index is 11.7. The van der Waals surface area contributed by atoms with Crippen LogP contribution in [-0.4, -0.2) is 26.8 Å². The van der Waals surface area contributed by atoms with Gasteiger partial charge in [0, 0.05) is 6.20 Å². The van der Waals surface area contributed by atoms with Crippen molar-refractivity contribution in [2.45, 2.75) is 6.54 Å². The van der Waals surface area contributed by atoms with E-state index < -0.39 is 11.9 Å². The number of furan rings is 1. The molecule has 2 rings (SSSR count). The quantitative estimate of drug-likeness (QED) is 0.893. The van der Waals surface area contributed by atoms with Gasteiger partial charge in [0.15, 0.2) is 10.4 Å². The van der Waals surface area contributed by atoms with Crippen molar-refractivity contribution < 1.29 is 19.1 Å². The third kappa shape index (κ3) is 2.98. The molecule has 0 unspecified atom stereocenters. The van der Waals surface area contributed by atoms with Crippen LogP contribution in [0.2, 0.25) is 0 Å². The van der Waals surface area contributed by atoms with E-state index in [-0.39, 0.29) is 12.3 Å². The second kappa shape index (κ2) is 5.05. The zero-order valence-corrected chi connectivity index (χ0v) is 10.5. The number of halogens is 1. The highest BCUT2D eigenvalue weighted by Crippen LogP contribution is 2.15. The number of carbonyl (C=O) groups is 2. The average Bonchev–Trinajstić information content (AvgIpc) is 2.87. The van der Waals surface area contributed by atoms with Crippen LogP contribution in [0.15, 0.2) is 33.6 Å². The molecule has 2 aromatic rings. The molecule has 8 heteroatoms. The van der Waals surface area contributed by atoms with E-state index in [1.54, 1.807) is 6.07 Å². The number of aliphatic carboxylic acids is 1. The third-order valence-corrected chi connectivity index (χ3v) is 2.41. The fraction of sp³-hybridized carbons (Fsp3) is 0.100. The molecule has 0 aliphatic rings. The fourth-order valence-electron chi connectivity index (χ4n) is 1.28. The average molecular weight is 314 g/mol. The Morgan fingerprint density at radius 3 is 2.89 bits per heavy atom. The summed E-state index contributed by atoms with van der Waals surface area (Å²) in [5, 5.41) is 14.9. The van der Waals surface area contributed by atoms with E-state index in [1.165, 1.54) is 23.1 Å². The number of anilines is 1. The van der Waals surface area contributed by atoms with Crippen molar-refractivity contribution in [1.29, 1.82) is 0 Å². The molecule has 0 saturated heterocycles. The molecule has 2 N–H and O–H groups in total. The van der Waals surface area contributed by atoms with Gasteiger partial charge in [-0.05, 0) is 28.1 Å². The zero-order chi connectivity index (χ0) is 13.1. The predicted octanol–water partition coefficient (Wildman–Crippen LogP) is 1.58. The van der Waals surface area contributed by atoms with Crippen molar-refractivity contribution in [2.75, 3.05) is 5.32 Å². The SMILES string of the molecule is O=C(O)Cn1cc(NC(=O)c2ccc(Br)o2)cn1. The lowest BCUT2D eigenvalue weighted by molar-refractivity contribution is -0.137. The molecule has 0 atom stereocenters. The van der Waals surface area contributed by atoms with Gasteiger partial charge >= 0.3 is 5.97 Å². The van der Waals surface area contributed by atoms with Gasteiger partial charge in [-0.3, -0.25) is 14.3 Å². The summed E-state index contributed by atoms with van der Waals surface area (Å²) in [6, 6.07) is 3.11. The summed E-state index contributed by atoms with van der Waals surface area (Å²) in [4.78, 5) is 22.1. The van der Waals surface area contributed by atoms with E-state index in [2.05, 4.69) is 26.3 Å². The second-order valence-corrected chi connectivity index (χ2v) is 4.16. The number of nitrogens with one attached hydrogen (secondary N) is 1. The van der Waals surface area contributed by atoms with Gasteiger partial charge in [-0.2, -0.15) is 5.10 Å². The topological polar surface area (TPSA) is 97.4 Å². The van der Waals surface area contributed by atoms with E-state index in [0.29, 0.717) is 10.4 Å². The van der Waals surface area contributed by atoms with Crippen molar-refractivity contribution in [3.63, 3.8) is 0 Å². The smallest absolute Gasteiger partial charge is 0.325 e. The van der Waals surface area contributed by atoms with Crippen LogP contribution in [0.5, 0.6) is 0 Å². The minimum Gasteiger partial charge on any atom is -0.480 e. The van der Waals surface area contributed by atoms with Crippen molar-refractivity contribution in [2.24, 2.45) is 0 Å². The van der Waals surface area contributed by atoms with Gasteiger partial charge in [-0.25, -0.2) is 0 Å². The van der Waals surface area contributed by atoms with E-state index in [4.69, 9.17) is 9.52 Å². The van der Waals surface area contributed by atoms with Crippen LogP contribution < -0.4 is 5.32 Å². The van der Waals surface area contributed by atoms with Crippen LogP contribution in [0.3, 0.4) is 0 Å². The van der Waals surface area contributed by atoms with Crippen LogP contribution in [0.1, 0.15) is 10.6 Å². The van der Waals surface area contributed by atoms with Crippen LogP contribution >= 0.6 is 15.9 Å². The first kappa shape index (κ1) is 12.4. The maximum Gasteiger partial charge on any atom is 0.325 e. The van der Waals surface area contributed by atoms with Crippen LogP contribution in [-0.2, 0) is 11.3 Å². The monoisotopic (exact) mass is 313 g/mol. The standard InChI is InChI=1S/C10H8BrN3O4/c11-8-2-1-7(18-8)10(17)13-6-3-12-14(4-6)5-9(15)16/h1-4H,5H2,(H,13,17)(H,15,16). The Morgan fingerprint density at radius 2 is 2.28 bits per heavy atom. The van der Waals surface area contributed by atoms with Crippen molar-refractivity contribution >= 4 is 33.5 Å². The molecule has 0 spiro atoms. The van der Waals surface area contributed by atoms with Crippen LogP contribution in [0.25, 0.3) is 0 Å². The van der Waals surface area contributed by atoms with Crippen molar-refractivity contribution in [3.05, 3.63) is 35.0 Å². The first-order valence-corrected chi connectivity index (χ1v) is 5.65. The highest BCUT2D eigenvalue weighted by Gasteiger charge is 2.12. The van der Waals surface area contributed by atoms with Gasteiger partial charge in [-0.15, -0.1) is 0 Å². The summed E-state index contributed by atoms with van der Waals surface area (Å²) in [6.07, 6.45) is 2.78. The first-order chi connectivity index (χ1) is 8.54. The van der Waals surface area contributed by atoms with E-state index in [9.17, 15) is 9.59 Å². The lowest BCUT2D eigenvalue weighted by atomic mass is 10.4. The number of nitrogens with zero attached hydrogens (tertiary/aromatic N) is 2. The Labute approximate surface area is 110 Å². The molecule has 0 bridgehead atoms. The molecule has 94 valence electrons. The molecule has 1 amide bonds. The molecule has 2 heterocycles. The normalized spacial score (nSPS) is 10.3. The Balaban J connectivity index is 2.03. The Bertz CT molecular complexity index is 589. The molecular weight excluding hydrogens is 306 g/mol. The molecular formula is C10H8BrN3O4. The van der Waals surface area contributed by atoms with E-state index in [0.717, 1.165) is 0 Å². The van der Waals surface area contributed by atoms with Gasteiger partial charge in [0.1, 0.15) is 6.54 Å². The molecule has 18 heavy (non-hydrogen) atoms. The number of amides is 1. The van der Waals surface area contributed by atoms with Gasteiger partial charge in [0.25, 0.3) is 5.91 Å². The number of rotatable bonds is 4. The third-order valence-electron chi connectivity index (χ3n) is 1.99. The molecule has 0 saturated carbocycles. The molecule has 2 aromatic heterocycles. The summed E-state index contributed by atoms with van der Waals surface area (Å²) >= 11 is 3.09. The predicted molar refractivity (Wildman–Crippen MR) is 64.2 cm³/mol. The molecule has 0 aromatic carbocycles. The molecule has 0 aliphatic carbocycles. The highest BCUT2D eigenvalue weighted by atomic mass is 79.9. The summed E-state index contributed by atoms with van der Waals surface area (Å²) in [5.41, 5.74) is 0.397. The first-order valence-electron chi connectivity index (χ1n) is 4.85. The molecule has 0 aliphatic heterocycles. The van der Waals surface area contributed by atoms with Gasteiger partial charge in [0.05, 0.1) is 11.9 Å². The molecule has 0 radical (unpaired) electrons. The Morgan fingerprint density at radius 1 is 1.50 bits per heavy atom. The summed E-state index contributed by atoms with van der Waals surface area (Å²) in [6.45, 7) is -0.262. The van der Waals surface area contributed by atoms with Gasteiger partial charge in [0.2, 0.25) is 0 Å². The number of carbonyl (C=O) groups excluding carboxylic acids is 1. The number of hydrogen-bond acceptors (Lipinski definition) is 4. The lowest BCUT2D eigenvalue weighted by Gasteiger charge is -1.98. The summed E-state index contributed by atoms with van der Waals surface area (Å²) in [7, 11) is 0. The number of carboxylic acid groups (broad SMARTS) is 1. The van der Waals surface area contributed by atoms with Crippen LogP contribution in [0.4, 0.5) is 5.69 Å². The zero-order valence-electron chi connectivity index (χ0n) is 8.96. The number of aromatic nitrogens is 2. The fourth-order valence-corrected chi connectivity index (χ4v) is 1.59. The summed E-state index contributed by atoms with van der Waals surface area (Å²) in [5.74, 6) is -1.30. The second-order valence-electron chi connectivity index (χ2n) is 3.38. The summed E-state index contributed by atoms with van der Waals surface area (Å²) < 4.78 is 6.73. The minimum absolute atomic E-state index is 0.146. The van der Waals surface area contributed by atoms with E-state index >= 15 is 0 Å². The number of carboxylic acids is 1. The minimum atomic E-state index is -1.01.